The number of halogens is 1. The predicted octanol–water partition coefficient (Wildman–Crippen LogP) is 5.57. The molecule has 0 aromatic heterocycles. The van der Waals surface area contributed by atoms with Crippen LogP contribution in [0, 0.1) is 0 Å². The number of carbonyl (C=O) groups is 2. The Kier molecular flexibility index (Phi) is 8.38. The number of benzene rings is 4. The molecule has 0 saturated carbocycles. The van der Waals surface area contributed by atoms with E-state index in [4.69, 9.17) is 25.8 Å². The third kappa shape index (κ3) is 6.86. The molecule has 0 atom stereocenters. The summed E-state index contributed by atoms with van der Waals surface area (Å²) >= 11 is 6.18. The normalized spacial score (nSPS) is 12.3. The second-order valence-corrected chi connectivity index (χ2v) is 9.05. The molecule has 0 bridgehead atoms. The Bertz CT molecular complexity index is 1570. The van der Waals surface area contributed by atoms with Crippen molar-refractivity contribution in [3.63, 3.8) is 0 Å². The highest BCUT2D eigenvalue weighted by atomic mass is 35.5. The Morgan fingerprint density at radius 1 is 0.875 bits per heavy atom. The minimum Gasteiger partial charge on any atom is -0.489 e. The van der Waals surface area contributed by atoms with Gasteiger partial charge in [-0.05, 0) is 71.8 Å². The van der Waals surface area contributed by atoms with Crippen LogP contribution in [0.15, 0.2) is 108 Å². The average Bonchev–Trinajstić information content (AvgIpc) is 3.45. The maximum atomic E-state index is 13.0. The number of hydrogen-bond donors (Lipinski definition) is 2. The lowest BCUT2D eigenvalue weighted by molar-refractivity contribution is -0.117. The molecule has 0 aliphatic carbocycles. The molecule has 1 heterocycles. The van der Waals surface area contributed by atoms with Crippen LogP contribution in [-0.2, 0) is 11.4 Å². The number of hydrogen-bond acceptors (Lipinski definition) is 6. The van der Waals surface area contributed by atoms with Gasteiger partial charge in [0.1, 0.15) is 18.1 Å². The summed E-state index contributed by atoms with van der Waals surface area (Å²) in [6.45, 7) is 0.472. The lowest BCUT2D eigenvalue weighted by Crippen LogP contribution is -2.32. The van der Waals surface area contributed by atoms with E-state index in [2.05, 4.69) is 15.8 Å². The molecular weight excluding hydrogens is 530 g/mol. The van der Waals surface area contributed by atoms with Crippen molar-refractivity contribution >= 4 is 35.7 Å². The van der Waals surface area contributed by atoms with Gasteiger partial charge >= 0.3 is 0 Å². The molecule has 1 aliphatic heterocycles. The minimum absolute atomic E-state index is 0.00758. The smallest absolute Gasteiger partial charge is 0.287 e. The SMILES string of the molecule is O=C(N/N=C\c1ccc(OCc2ccccc2Cl)cc1)/C(=C\c1ccc2c(c1)OCO2)NC(=O)c1ccccc1. The largest absolute Gasteiger partial charge is 0.489 e. The summed E-state index contributed by atoms with van der Waals surface area (Å²) in [7, 11) is 0. The van der Waals surface area contributed by atoms with Crippen LogP contribution < -0.4 is 25.0 Å². The van der Waals surface area contributed by atoms with Crippen LogP contribution in [-0.4, -0.2) is 24.8 Å². The van der Waals surface area contributed by atoms with E-state index in [0.29, 0.717) is 40.0 Å². The van der Waals surface area contributed by atoms with Crippen molar-refractivity contribution in [2.75, 3.05) is 6.79 Å². The van der Waals surface area contributed by atoms with Crippen LogP contribution in [0.25, 0.3) is 6.08 Å². The van der Waals surface area contributed by atoms with Crippen molar-refractivity contribution in [1.82, 2.24) is 10.7 Å². The van der Waals surface area contributed by atoms with E-state index >= 15 is 0 Å². The van der Waals surface area contributed by atoms with Crippen molar-refractivity contribution in [3.8, 4) is 17.2 Å². The summed E-state index contributed by atoms with van der Waals surface area (Å²) in [4.78, 5) is 25.8. The first-order chi connectivity index (χ1) is 19.5. The number of nitrogens with one attached hydrogen (secondary N) is 2. The monoisotopic (exact) mass is 553 g/mol. The van der Waals surface area contributed by atoms with Crippen LogP contribution in [0.3, 0.4) is 0 Å². The van der Waals surface area contributed by atoms with Crippen molar-refractivity contribution in [2.45, 2.75) is 6.61 Å². The number of ether oxygens (including phenoxy) is 3. The average molecular weight is 554 g/mol. The fraction of sp³-hybridized carbons (Fsp3) is 0.0645. The molecule has 2 amide bonds. The van der Waals surface area contributed by atoms with Gasteiger partial charge in [0.25, 0.3) is 11.8 Å². The molecule has 200 valence electrons. The molecule has 0 radical (unpaired) electrons. The Morgan fingerprint density at radius 3 is 2.40 bits per heavy atom. The zero-order valence-corrected chi connectivity index (χ0v) is 21.9. The van der Waals surface area contributed by atoms with Gasteiger partial charge in [-0.15, -0.1) is 0 Å². The third-order valence-electron chi connectivity index (χ3n) is 5.85. The first-order valence-electron chi connectivity index (χ1n) is 12.3. The molecule has 4 aromatic rings. The maximum absolute atomic E-state index is 13.0. The van der Waals surface area contributed by atoms with Crippen LogP contribution in [0.2, 0.25) is 5.02 Å². The molecule has 4 aromatic carbocycles. The Morgan fingerprint density at radius 2 is 1.60 bits per heavy atom. The molecule has 9 heteroatoms. The molecule has 0 saturated heterocycles. The van der Waals surface area contributed by atoms with E-state index < -0.39 is 11.8 Å². The van der Waals surface area contributed by atoms with E-state index in [1.165, 1.54) is 6.21 Å². The lowest BCUT2D eigenvalue weighted by atomic mass is 10.1. The maximum Gasteiger partial charge on any atom is 0.287 e. The Hall–Kier alpha value is -5.08. The third-order valence-corrected chi connectivity index (χ3v) is 6.22. The fourth-order valence-electron chi connectivity index (χ4n) is 3.76. The summed E-state index contributed by atoms with van der Waals surface area (Å²) in [6.07, 6.45) is 3.03. The summed E-state index contributed by atoms with van der Waals surface area (Å²) in [6, 6.07) is 28.5. The zero-order chi connectivity index (χ0) is 27.7. The highest BCUT2D eigenvalue weighted by molar-refractivity contribution is 6.31. The number of hydrazone groups is 1. The van der Waals surface area contributed by atoms with E-state index in [0.717, 1.165) is 11.1 Å². The van der Waals surface area contributed by atoms with Crippen LogP contribution in [0.1, 0.15) is 27.0 Å². The Balaban J connectivity index is 1.25. The highest BCUT2D eigenvalue weighted by Crippen LogP contribution is 2.33. The molecule has 5 rings (SSSR count). The van der Waals surface area contributed by atoms with Gasteiger partial charge in [0, 0.05) is 16.1 Å². The molecule has 1 aliphatic rings. The van der Waals surface area contributed by atoms with Crippen LogP contribution in [0.5, 0.6) is 17.2 Å². The van der Waals surface area contributed by atoms with E-state index in [-0.39, 0.29) is 12.5 Å². The van der Waals surface area contributed by atoms with Gasteiger partial charge in [-0.2, -0.15) is 5.10 Å². The number of amides is 2. The summed E-state index contributed by atoms with van der Waals surface area (Å²) < 4.78 is 16.6. The van der Waals surface area contributed by atoms with E-state index in [1.807, 2.05) is 24.3 Å². The molecule has 0 spiro atoms. The van der Waals surface area contributed by atoms with E-state index in [1.54, 1.807) is 78.9 Å². The highest BCUT2D eigenvalue weighted by Gasteiger charge is 2.17. The van der Waals surface area contributed by atoms with Crippen molar-refractivity contribution in [1.29, 1.82) is 0 Å². The Labute approximate surface area is 235 Å². The second kappa shape index (κ2) is 12.6. The van der Waals surface area contributed by atoms with Gasteiger partial charge in [0.05, 0.1) is 6.21 Å². The predicted molar refractivity (Wildman–Crippen MR) is 152 cm³/mol. The van der Waals surface area contributed by atoms with Crippen molar-refractivity contribution in [3.05, 3.63) is 130 Å². The topological polar surface area (TPSA) is 98.2 Å². The van der Waals surface area contributed by atoms with E-state index in [9.17, 15) is 9.59 Å². The first-order valence-corrected chi connectivity index (χ1v) is 12.7. The van der Waals surface area contributed by atoms with Gasteiger partial charge in [0.15, 0.2) is 11.5 Å². The number of rotatable bonds is 9. The van der Waals surface area contributed by atoms with Crippen molar-refractivity contribution < 1.29 is 23.8 Å². The lowest BCUT2D eigenvalue weighted by Gasteiger charge is -2.09. The summed E-state index contributed by atoms with van der Waals surface area (Å²) in [5.41, 5.74) is 5.16. The van der Waals surface area contributed by atoms with Crippen LogP contribution >= 0.6 is 11.6 Å². The minimum atomic E-state index is -0.599. The van der Waals surface area contributed by atoms with Gasteiger partial charge < -0.3 is 19.5 Å². The molecule has 40 heavy (non-hydrogen) atoms. The fourth-order valence-corrected chi connectivity index (χ4v) is 3.95. The molecule has 0 fully saturated rings. The first kappa shape index (κ1) is 26.5. The standard InChI is InChI=1S/C31H24ClN3O5/c32-26-9-5-4-8-24(26)19-38-25-13-10-21(11-14-25)18-33-35-31(37)27(34-30(36)23-6-2-1-3-7-23)16-22-12-15-28-29(17-22)40-20-39-28/h1-18H,19-20H2,(H,34,36)(H,35,37)/b27-16+,33-18-. The summed E-state index contributed by atoms with van der Waals surface area (Å²) in [5.74, 6) is 0.803. The molecule has 8 nitrogen and oxygen atoms in total. The molecule has 2 N–H and O–H groups in total. The van der Waals surface area contributed by atoms with Crippen LogP contribution in [0.4, 0.5) is 0 Å². The van der Waals surface area contributed by atoms with Gasteiger partial charge in [-0.3, -0.25) is 9.59 Å². The van der Waals surface area contributed by atoms with Gasteiger partial charge in [-0.25, -0.2) is 5.43 Å². The van der Waals surface area contributed by atoms with Gasteiger partial charge in [0.2, 0.25) is 6.79 Å². The second-order valence-electron chi connectivity index (χ2n) is 8.64. The molecular formula is C31H24ClN3O5. The zero-order valence-electron chi connectivity index (χ0n) is 21.2. The molecule has 0 unspecified atom stereocenters. The number of nitrogens with zero attached hydrogens (tertiary/aromatic N) is 1. The van der Waals surface area contributed by atoms with Crippen molar-refractivity contribution in [2.24, 2.45) is 5.10 Å². The quantitative estimate of drug-likeness (QED) is 0.160. The number of fused-ring (bicyclic) bond motifs is 1. The number of carbonyl (C=O) groups excluding carboxylic acids is 2. The summed E-state index contributed by atoms with van der Waals surface area (Å²) in [5, 5.41) is 7.38. The van der Waals surface area contributed by atoms with Gasteiger partial charge in [-0.1, -0.05) is 54.1 Å².